The third-order valence-electron chi connectivity index (χ3n) is 5.40. The Bertz CT molecular complexity index is 1420. The first kappa shape index (κ1) is 23.2. The number of carbonyl (C=O) groups excluding carboxylic acids is 1. The average Bonchev–Trinajstić information content (AvgIpc) is 3.32. The molecule has 0 radical (unpaired) electrons. The van der Waals surface area contributed by atoms with E-state index in [9.17, 15) is 18.3 Å². The number of aromatic nitrogens is 2. The van der Waals surface area contributed by atoms with Crippen molar-refractivity contribution in [2.24, 2.45) is 0 Å². The van der Waals surface area contributed by atoms with Crippen LogP contribution in [0.3, 0.4) is 0 Å². The van der Waals surface area contributed by atoms with Crippen molar-refractivity contribution in [3.05, 3.63) is 95.7 Å². The Balaban J connectivity index is 1.45. The van der Waals surface area contributed by atoms with Crippen molar-refractivity contribution in [1.82, 2.24) is 14.5 Å². The number of nitrogens with zero attached hydrogens (tertiary/aromatic N) is 2. The van der Waals surface area contributed by atoms with Crippen molar-refractivity contribution in [3.8, 4) is 17.0 Å². The number of para-hydroxylation sites is 1. The molecule has 0 saturated heterocycles. The van der Waals surface area contributed by atoms with Crippen LogP contribution in [-0.2, 0) is 16.6 Å². The Morgan fingerprint density at radius 3 is 2.44 bits per heavy atom. The van der Waals surface area contributed by atoms with Gasteiger partial charge in [-0.2, -0.15) is 9.40 Å². The van der Waals surface area contributed by atoms with Gasteiger partial charge in [0, 0.05) is 24.8 Å². The van der Waals surface area contributed by atoms with Crippen molar-refractivity contribution < 1.29 is 18.3 Å². The van der Waals surface area contributed by atoms with Crippen LogP contribution in [0.1, 0.15) is 21.6 Å². The SMILES string of the molecule is Cc1cccc(-c2cc(C(=O)Nc3ccc(S(=O)(=O)N(C)Cc4ccccc4)cc3)[nH]n2)c1O. The summed E-state index contributed by atoms with van der Waals surface area (Å²) in [5, 5.41) is 19.7. The molecule has 4 aromatic rings. The number of rotatable bonds is 7. The van der Waals surface area contributed by atoms with Gasteiger partial charge in [-0.25, -0.2) is 8.42 Å². The molecule has 1 aromatic heterocycles. The number of aromatic hydroxyl groups is 1. The molecule has 1 heterocycles. The lowest BCUT2D eigenvalue weighted by molar-refractivity contribution is 0.102. The highest BCUT2D eigenvalue weighted by Crippen LogP contribution is 2.30. The van der Waals surface area contributed by atoms with Gasteiger partial charge in [-0.15, -0.1) is 0 Å². The van der Waals surface area contributed by atoms with Crippen LogP contribution < -0.4 is 5.32 Å². The van der Waals surface area contributed by atoms with E-state index in [2.05, 4.69) is 15.5 Å². The predicted molar refractivity (Wildman–Crippen MR) is 130 cm³/mol. The minimum Gasteiger partial charge on any atom is -0.507 e. The number of anilines is 1. The van der Waals surface area contributed by atoms with E-state index in [4.69, 9.17) is 0 Å². The zero-order valence-corrected chi connectivity index (χ0v) is 19.5. The Labute approximate surface area is 197 Å². The smallest absolute Gasteiger partial charge is 0.273 e. The molecule has 174 valence electrons. The summed E-state index contributed by atoms with van der Waals surface area (Å²) < 4.78 is 27.1. The number of sulfonamides is 1. The number of phenolic OH excluding ortho intramolecular Hbond substituents is 1. The molecule has 0 spiro atoms. The fraction of sp³-hybridized carbons (Fsp3) is 0.120. The Morgan fingerprint density at radius 2 is 1.74 bits per heavy atom. The van der Waals surface area contributed by atoms with E-state index < -0.39 is 15.9 Å². The fourth-order valence-electron chi connectivity index (χ4n) is 3.46. The number of hydrogen-bond donors (Lipinski definition) is 3. The van der Waals surface area contributed by atoms with Gasteiger partial charge in [0.25, 0.3) is 5.91 Å². The molecule has 3 aromatic carbocycles. The summed E-state index contributed by atoms with van der Waals surface area (Å²) in [7, 11) is -2.16. The quantitative estimate of drug-likeness (QED) is 0.370. The van der Waals surface area contributed by atoms with Gasteiger partial charge in [-0.1, -0.05) is 42.5 Å². The van der Waals surface area contributed by atoms with Crippen LogP contribution in [0.4, 0.5) is 5.69 Å². The van der Waals surface area contributed by atoms with Gasteiger partial charge in [-0.3, -0.25) is 9.89 Å². The largest absolute Gasteiger partial charge is 0.507 e. The van der Waals surface area contributed by atoms with Crippen LogP contribution in [0.2, 0.25) is 0 Å². The molecule has 0 saturated carbocycles. The molecule has 8 nitrogen and oxygen atoms in total. The zero-order chi connectivity index (χ0) is 24.3. The molecule has 0 unspecified atom stereocenters. The minimum atomic E-state index is -3.69. The standard InChI is InChI=1S/C25H24N4O4S/c1-17-7-6-10-21(24(17)30)22-15-23(28-27-22)25(31)26-19-11-13-20(14-12-19)34(32,33)29(2)16-18-8-4-3-5-9-18/h3-15,30H,16H2,1-2H3,(H,26,31)(H,27,28). The molecule has 0 aliphatic rings. The lowest BCUT2D eigenvalue weighted by Crippen LogP contribution is -2.26. The number of nitrogens with one attached hydrogen (secondary N) is 2. The zero-order valence-electron chi connectivity index (χ0n) is 18.7. The number of aromatic amines is 1. The first-order valence-electron chi connectivity index (χ1n) is 10.5. The van der Waals surface area contributed by atoms with Crippen molar-refractivity contribution in [3.63, 3.8) is 0 Å². The summed E-state index contributed by atoms with van der Waals surface area (Å²) in [4.78, 5) is 12.8. The summed E-state index contributed by atoms with van der Waals surface area (Å²) in [6.07, 6.45) is 0. The topological polar surface area (TPSA) is 115 Å². The third kappa shape index (κ3) is 4.85. The van der Waals surface area contributed by atoms with E-state index in [0.717, 1.165) is 5.56 Å². The van der Waals surface area contributed by atoms with Gasteiger partial charge in [0.2, 0.25) is 10.0 Å². The van der Waals surface area contributed by atoms with Crippen molar-refractivity contribution in [1.29, 1.82) is 0 Å². The van der Waals surface area contributed by atoms with E-state index in [0.29, 0.717) is 22.5 Å². The van der Waals surface area contributed by atoms with Crippen molar-refractivity contribution in [2.45, 2.75) is 18.4 Å². The molecule has 0 aliphatic carbocycles. The maximum absolute atomic E-state index is 12.9. The third-order valence-corrected chi connectivity index (χ3v) is 7.22. The highest BCUT2D eigenvalue weighted by molar-refractivity contribution is 7.89. The number of phenols is 1. The van der Waals surface area contributed by atoms with Crippen LogP contribution >= 0.6 is 0 Å². The Kier molecular flexibility index (Phi) is 6.49. The number of amides is 1. The summed E-state index contributed by atoms with van der Waals surface area (Å²) in [6.45, 7) is 2.03. The number of aryl methyl sites for hydroxylation is 1. The minimum absolute atomic E-state index is 0.106. The number of hydrogen-bond acceptors (Lipinski definition) is 5. The molecule has 1 amide bonds. The molecule has 3 N–H and O–H groups in total. The van der Waals surface area contributed by atoms with E-state index in [1.165, 1.54) is 35.6 Å². The predicted octanol–water partition coefficient (Wildman–Crippen LogP) is 4.16. The van der Waals surface area contributed by atoms with Gasteiger partial charge in [0.05, 0.1) is 10.6 Å². The second-order valence-corrected chi connectivity index (χ2v) is 9.91. The second kappa shape index (κ2) is 9.50. The van der Waals surface area contributed by atoms with Crippen LogP contribution in [0.15, 0.2) is 83.8 Å². The van der Waals surface area contributed by atoms with Crippen LogP contribution in [0.5, 0.6) is 5.75 Å². The van der Waals surface area contributed by atoms with E-state index >= 15 is 0 Å². The number of carbonyl (C=O) groups is 1. The Morgan fingerprint density at radius 1 is 1.03 bits per heavy atom. The summed E-state index contributed by atoms with van der Waals surface area (Å²) in [6, 6.07) is 22.1. The summed E-state index contributed by atoms with van der Waals surface area (Å²) in [5.41, 5.74) is 3.18. The molecule has 0 bridgehead atoms. The molecule has 9 heteroatoms. The molecular weight excluding hydrogens is 452 g/mol. The monoisotopic (exact) mass is 476 g/mol. The van der Waals surface area contributed by atoms with Gasteiger partial charge < -0.3 is 10.4 Å². The second-order valence-electron chi connectivity index (χ2n) is 7.86. The van der Waals surface area contributed by atoms with E-state index in [1.807, 2.05) is 30.3 Å². The maximum Gasteiger partial charge on any atom is 0.273 e. The van der Waals surface area contributed by atoms with Gasteiger partial charge in [0.1, 0.15) is 11.4 Å². The Hall–Kier alpha value is -3.95. The summed E-state index contributed by atoms with van der Waals surface area (Å²) in [5.74, 6) is -0.335. The fourth-order valence-corrected chi connectivity index (χ4v) is 4.61. The lowest BCUT2D eigenvalue weighted by Gasteiger charge is -2.17. The highest BCUT2D eigenvalue weighted by atomic mass is 32.2. The number of H-pyrrole nitrogens is 1. The van der Waals surface area contributed by atoms with Crippen LogP contribution in [-0.4, -0.2) is 41.0 Å². The molecule has 0 fully saturated rings. The molecular formula is C25H24N4O4S. The molecule has 0 aliphatic heterocycles. The molecule has 4 rings (SSSR count). The lowest BCUT2D eigenvalue weighted by atomic mass is 10.1. The number of benzene rings is 3. The average molecular weight is 477 g/mol. The van der Waals surface area contributed by atoms with Crippen LogP contribution in [0.25, 0.3) is 11.3 Å². The van der Waals surface area contributed by atoms with Gasteiger partial charge in [-0.05, 0) is 54.4 Å². The van der Waals surface area contributed by atoms with Gasteiger partial charge >= 0.3 is 0 Å². The highest BCUT2D eigenvalue weighted by Gasteiger charge is 2.21. The first-order valence-corrected chi connectivity index (χ1v) is 12.0. The van der Waals surface area contributed by atoms with Crippen LogP contribution in [0, 0.1) is 6.92 Å². The normalized spacial score (nSPS) is 11.5. The summed E-state index contributed by atoms with van der Waals surface area (Å²) >= 11 is 0. The molecule has 0 atom stereocenters. The van der Waals surface area contributed by atoms with Gasteiger partial charge in [0.15, 0.2) is 0 Å². The van der Waals surface area contributed by atoms with E-state index in [-0.39, 0.29) is 22.9 Å². The van der Waals surface area contributed by atoms with Crippen molar-refractivity contribution >= 4 is 21.6 Å². The first-order chi connectivity index (χ1) is 16.3. The molecule has 34 heavy (non-hydrogen) atoms. The maximum atomic E-state index is 12.9. The van der Waals surface area contributed by atoms with E-state index in [1.54, 1.807) is 31.2 Å². The van der Waals surface area contributed by atoms with Crippen molar-refractivity contribution in [2.75, 3.05) is 12.4 Å².